The van der Waals surface area contributed by atoms with Gasteiger partial charge in [-0.1, -0.05) is 127 Å². The van der Waals surface area contributed by atoms with E-state index in [0.29, 0.717) is 17.5 Å². The fourth-order valence-electron chi connectivity index (χ4n) is 5.57. The predicted octanol–water partition coefficient (Wildman–Crippen LogP) is 9.33. The van der Waals surface area contributed by atoms with Crippen molar-refractivity contribution < 1.29 is 0 Å². The Balaban J connectivity index is 1.29. The van der Waals surface area contributed by atoms with Gasteiger partial charge in [-0.15, -0.1) is 0 Å². The number of nitrogens with zero attached hydrogens (tertiary/aromatic N) is 3. The first kappa shape index (κ1) is 23.3. The van der Waals surface area contributed by atoms with E-state index in [1.807, 2.05) is 36.4 Å². The maximum Gasteiger partial charge on any atom is 0.164 e. The third-order valence-electron chi connectivity index (χ3n) is 7.67. The lowest BCUT2D eigenvalue weighted by Gasteiger charge is -2.10. The Morgan fingerprint density at radius 2 is 0.878 bits per heavy atom. The van der Waals surface area contributed by atoms with Gasteiger partial charge in [-0.2, -0.15) is 0 Å². The average molecular weight is 525 g/mol. The Bertz CT molecular complexity index is 2180. The van der Waals surface area contributed by atoms with Crippen LogP contribution in [0.5, 0.6) is 0 Å². The summed E-state index contributed by atoms with van der Waals surface area (Å²) < 4.78 is 0. The first-order valence-electron chi connectivity index (χ1n) is 13.7. The zero-order valence-corrected chi connectivity index (χ0v) is 22.1. The number of fused-ring (bicyclic) bond motifs is 5. The lowest BCUT2D eigenvalue weighted by Crippen LogP contribution is -2.00. The molecule has 8 aromatic rings. The lowest BCUT2D eigenvalue weighted by molar-refractivity contribution is 1.07. The zero-order chi connectivity index (χ0) is 27.2. The van der Waals surface area contributed by atoms with Crippen LogP contribution in [0.2, 0.25) is 0 Å². The molecule has 0 bridgehead atoms. The minimum atomic E-state index is 0.649. The maximum absolute atomic E-state index is 5.00. The molecule has 4 nitrogen and oxygen atoms in total. The van der Waals surface area contributed by atoms with Gasteiger partial charge in [0.2, 0.25) is 0 Å². The highest BCUT2D eigenvalue weighted by Crippen LogP contribution is 2.34. The van der Waals surface area contributed by atoms with E-state index < -0.39 is 0 Å². The third-order valence-corrected chi connectivity index (χ3v) is 7.67. The van der Waals surface area contributed by atoms with Gasteiger partial charge >= 0.3 is 0 Å². The molecule has 0 amide bonds. The molecule has 6 aromatic carbocycles. The molecule has 2 aromatic heterocycles. The SMILES string of the molecule is c1ccc(-c2ccc(-c3nc(-c4ccccc4)nc(-c4ccc5ccc6c7ccccc7[nH]c6c5c4)n3)cc2)cc1. The van der Waals surface area contributed by atoms with Crippen LogP contribution in [-0.2, 0) is 0 Å². The summed E-state index contributed by atoms with van der Waals surface area (Å²) in [5.41, 5.74) is 7.45. The topological polar surface area (TPSA) is 54.5 Å². The molecule has 0 atom stereocenters. The van der Waals surface area contributed by atoms with Gasteiger partial charge < -0.3 is 4.98 Å². The van der Waals surface area contributed by atoms with Gasteiger partial charge in [-0.25, -0.2) is 15.0 Å². The fourth-order valence-corrected chi connectivity index (χ4v) is 5.57. The Hall–Kier alpha value is -5.61. The number of nitrogens with one attached hydrogen (secondary N) is 1. The van der Waals surface area contributed by atoms with E-state index in [1.165, 1.54) is 21.7 Å². The molecule has 4 heteroatoms. The molecule has 1 N–H and O–H groups in total. The first-order chi connectivity index (χ1) is 20.3. The molecule has 2 heterocycles. The van der Waals surface area contributed by atoms with Crippen molar-refractivity contribution in [3.63, 3.8) is 0 Å². The van der Waals surface area contributed by atoms with E-state index in [-0.39, 0.29) is 0 Å². The molecule has 0 spiro atoms. The molecule has 41 heavy (non-hydrogen) atoms. The minimum absolute atomic E-state index is 0.649. The summed E-state index contributed by atoms with van der Waals surface area (Å²) in [5, 5.41) is 4.75. The van der Waals surface area contributed by atoms with Gasteiger partial charge in [-0.05, 0) is 28.6 Å². The Kier molecular flexibility index (Phi) is 5.42. The summed E-state index contributed by atoms with van der Waals surface area (Å²) in [6.45, 7) is 0. The monoisotopic (exact) mass is 524 g/mol. The molecule has 0 aliphatic heterocycles. The standard InChI is InChI=1S/C37H24N4/c1-3-9-24(10-4-1)25-15-18-28(19-16-25)36-39-35(27-11-5-2-6-12-27)40-37(41-36)29-20-17-26-21-22-31-30-13-7-8-14-33(30)38-34(31)32(26)23-29/h1-23,38H. The average Bonchev–Trinajstić information content (AvgIpc) is 3.45. The van der Waals surface area contributed by atoms with E-state index in [9.17, 15) is 0 Å². The van der Waals surface area contributed by atoms with Gasteiger partial charge in [0.05, 0.1) is 5.52 Å². The van der Waals surface area contributed by atoms with Gasteiger partial charge in [0.1, 0.15) is 0 Å². The van der Waals surface area contributed by atoms with Crippen molar-refractivity contribution in [2.75, 3.05) is 0 Å². The zero-order valence-electron chi connectivity index (χ0n) is 22.1. The van der Waals surface area contributed by atoms with Crippen LogP contribution >= 0.6 is 0 Å². The molecule has 192 valence electrons. The van der Waals surface area contributed by atoms with Crippen molar-refractivity contribution in [2.24, 2.45) is 0 Å². The number of H-pyrrole nitrogens is 1. The van der Waals surface area contributed by atoms with Crippen LogP contribution in [0, 0.1) is 0 Å². The highest BCUT2D eigenvalue weighted by molar-refractivity contribution is 6.17. The van der Waals surface area contributed by atoms with Gasteiger partial charge in [0.15, 0.2) is 17.5 Å². The van der Waals surface area contributed by atoms with Crippen LogP contribution in [0.15, 0.2) is 140 Å². The lowest BCUT2D eigenvalue weighted by atomic mass is 10.0. The summed E-state index contributed by atoms with van der Waals surface area (Å²) in [5.74, 6) is 1.95. The molecular weight excluding hydrogens is 500 g/mol. The van der Waals surface area contributed by atoms with Crippen molar-refractivity contribution in [1.82, 2.24) is 19.9 Å². The van der Waals surface area contributed by atoms with E-state index in [2.05, 4.69) is 108 Å². The number of para-hydroxylation sites is 1. The summed E-state index contributed by atoms with van der Waals surface area (Å²) in [4.78, 5) is 18.5. The Morgan fingerprint density at radius 3 is 1.61 bits per heavy atom. The van der Waals surface area contributed by atoms with Gasteiger partial charge in [0, 0.05) is 38.4 Å². The Labute approximate surface area is 237 Å². The molecule has 0 fully saturated rings. The summed E-state index contributed by atoms with van der Waals surface area (Å²) >= 11 is 0. The van der Waals surface area contributed by atoms with Crippen LogP contribution in [0.25, 0.3) is 77.9 Å². The van der Waals surface area contributed by atoms with E-state index in [4.69, 9.17) is 15.0 Å². The number of rotatable bonds is 4. The van der Waals surface area contributed by atoms with Gasteiger partial charge in [0.25, 0.3) is 0 Å². The molecule has 0 saturated carbocycles. The second-order valence-corrected chi connectivity index (χ2v) is 10.2. The van der Waals surface area contributed by atoms with Crippen molar-refractivity contribution in [3.05, 3.63) is 140 Å². The van der Waals surface area contributed by atoms with Crippen LogP contribution in [0.1, 0.15) is 0 Å². The van der Waals surface area contributed by atoms with Crippen LogP contribution < -0.4 is 0 Å². The molecule has 0 unspecified atom stereocenters. The molecule has 0 aliphatic carbocycles. The molecular formula is C37H24N4. The molecule has 0 aliphatic rings. The third kappa shape index (κ3) is 4.14. The van der Waals surface area contributed by atoms with Crippen LogP contribution in [0.4, 0.5) is 0 Å². The molecule has 0 saturated heterocycles. The molecule has 0 radical (unpaired) electrons. The largest absolute Gasteiger partial charge is 0.354 e. The number of aromatic amines is 1. The molecule has 8 rings (SSSR count). The van der Waals surface area contributed by atoms with Crippen molar-refractivity contribution in [1.29, 1.82) is 0 Å². The number of benzene rings is 6. The highest BCUT2D eigenvalue weighted by Gasteiger charge is 2.14. The van der Waals surface area contributed by atoms with Crippen molar-refractivity contribution in [2.45, 2.75) is 0 Å². The summed E-state index contributed by atoms with van der Waals surface area (Å²) in [6.07, 6.45) is 0. The second-order valence-electron chi connectivity index (χ2n) is 10.2. The minimum Gasteiger partial charge on any atom is -0.354 e. The number of hydrogen-bond acceptors (Lipinski definition) is 3. The number of hydrogen-bond donors (Lipinski definition) is 1. The van der Waals surface area contributed by atoms with Crippen molar-refractivity contribution in [3.8, 4) is 45.3 Å². The smallest absolute Gasteiger partial charge is 0.164 e. The van der Waals surface area contributed by atoms with Gasteiger partial charge in [-0.3, -0.25) is 0 Å². The second kappa shape index (κ2) is 9.54. The fraction of sp³-hybridized carbons (Fsp3) is 0. The van der Waals surface area contributed by atoms with Crippen LogP contribution in [0.3, 0.4) is 0 Å². The number of aromatic nitrogens is 4. The van der Waals surface area contributed by atoms with E-state index in [1.54, 1.807) is 0 Å². The van der Waals surface area contributed by atoms with Crippen LogP contribution in [-0.4, -0.2) is 19.9 Å². The highest BCUT2D eigenvalue weighted by atomic mass is 15.0. The Morgan fingerprint density at radius 1 is 0.366 bits per heavy atom. The normalized spacial score (nSPS) is 11.4. The van der Waals surface area contributed by atoms with E-state index in [0.717, 1.165) is 38.7 Å². The first-order valence-corrected chi connectivity index (χ1v) is 13.7. The maximum atomic E-state index is 5.00. The quantitative estimate of drug-likeness (QED) is 0.250. The summed E-state index contributed by atoms with van der Waals surface area (Å²) in [7, 11) is 0. The predicted molar refractivity (Wildman–Crippen MR) is 168 cm³/mol. The van der Waals surface area contributed by atoms with E-state index >= 15 is 0 Å². The summed E-state index contributed by atoms with van der Waals surface area (Å²) in [6, 6.07) is 48.2. The van der Waals surface area contributed by atoms with Crippen molar-refractivity contribution >= 4 is 32.6 Å².